The van der Waals surface area contributed by atoms with Gasteiger partial charge in [0, 0.05) is 0 Å². The van der Waals surface area contributed by atoms with E-state index in [2.05, 4.69) is 24.3 Å². The van der Waals surface area contributed by atoms with E-state index in [0.717, 1.165) is 33.4 Å². The molecule has 47 heavy (non-hydrogen) atoms. The summed E-state index contributed by atoms with van der Waals surface area (Å²) in [4.78, 5) is 23.1. The summed E-state index contributed by atoms with van der Waals surface area (Å²) >= 11 is 0. The molecule has 8 nitrogen and oxygen atoms in total. The molecule has 3 aliphatic rings. The average molecular weight is 619 g/mol. The smallest absolute Gasteiger partial charge is 0.335 e. The van der Waals surface area contributed by atoms with Gasteiger partial charge in [0.15, 0.2) is 46.0 Å². The van der Waals surface area contributed by atoms with E-state index >= 15 is 0 Å². The summed E-state index contributed by atoms with van der Waals surface area (Å²) in [6.07, 6.45) is 0. The first kappa shape index (κ1) is 26.8. The fourth-order valence-electron chi connectivity index (χ4n) is 6.92. The van der Waals surface area contributed by atoms with Gasteiger partial charge in [0.2, 0.25) is 0 Å². The van der Waals surface area contributed by atoms with E-state index in [9.17, 15) is 19.8 Å². The summed E-state index contributed by atoms with van der Waals surface area (Å²) in [6.45, 7) is 0. The summed E-state index contributed by atoms with van der Waals surface area (Å²) in [5.41, 5.74) is 5.61. The number of hydrogen-bond donors (Lipinski definition) is 2. The molecule has 0 saturated carbocycles. The standard InChI is InChI=1S/C39H22O8/c40-37(41)21-9-13-29-33(17-21)44-31-15-11-23(19-35(31)46-29)39(27-7-3-1-5-25(27)26-6-2-4-8-28(26)39)24-12-16-32-36(20-24)47-30-14-10-22(38(42)43)18-34(30)45-32/h1-20H,(H,40,41)(H,42,43). The lowest BCUT2D eigenvalue weighted by Crippen LogP contribution is -2.28. The van der Waals surface area contributed by atoms with Gasteiger partial charge in [-0.2, -0.15) is 0 Å². The Morgan fingerprint density at radius 2 is 0.787 bits per heavy atom. The van der Waals surface area contributed by atoms with Gasteiger partial charge in [-0.25, -0.2) is 9.59 Å². The van der Waals surface area contributed by atoms with Gasteiger partial charge in [0.25, 0.3) is 0 Å². The van der Waals surface area contributed by atoms with Gasteiger partial charge in [0.1, 0.15) is 0 Å². The van der Waals surface area contributed by atoms with Crippen molar-refractivity contribution in [2.45, 2.75) is 5.41 Å². The van der Waals surface area contributed by atoms with E-state index in [-0.39, 0.29) is 11.1 Å². The zero-order valence-corrected chi connectivity index (χ0v) is 24.4. The molecule has 2 heterocycles. The Labute approximate surface area is 267 Å². The largest absolute Gasteiger partial charge is 0.478 e. The molecule has 8 heteroatoms. The quantitative estimate of drug-likeness (QED) is 0.201. The van der Waals surface area contributed by atoms with Crippen LogP contribution < -0.4 is 18.9 Å². The van der Waals surface area contributed by atoms with Crippen LogP contribution in [0.4, 0.5) is 0 Å². The Morgan fingerprint density at radius 3 is 1.19 bits per heavy atom. The fraction of sp³-hybridized carbons (Fsp3) is 0.0256. The molecule has 0 bridgehead atoms. The highest BCUT2D eigenvalue weighted by molar-refractivity contribution is 5.90. The van der Waals surface area contributed by atoms with Crippen LogP contribution in [0.3, 0.4) is 0 Å². The molecular formula is C39H22O8. The molecule has 6 aromatic rings. The molecule has 2 aliphatic heterocycles. The molecule has 0 amide bonds. The molecule has 0 atom stereocenters. The van der Waals surface area contributed by atoms with E-state index in [1.165, 1.54) is 24.3 Å². The maximum absolute atomic E-state index is 11.5. The normalized spacial score (nSPS) is 13.9. The minimum absolute atomic E-state index is 0.106. The SMILES string of the molecule is O=C(O)c1ccc2c(c1)Oc1ccc(C3(c4ccc5c(c4)Oc4ccc(C(=O)O)cc4O5)c4ccccc4-c4ccccc43)cc1O2. The van der Waals surface area contributed by atoms with Crippen LogP contribution >= 0.6 is 0 Å². The van der Waals surface area contributed by atoms with Gasteiger partial charge in [0.05, 0.1) is 16.5 Å². The molecular weight excluding hydrogens is 596 g/mol. The van der Waals surface area contributed by atoms with E-state index in [1.54, 1.807) is 12.1 Å². The molecule has 226 valence electrons. The number of carboxylic acid groups (broad SMARTS) is 2. The van der Waals surface area contributed by atoms with Crippen LogP contribution in [0.1, 0.15) is 43.0 Å². The predicted molar refractivity (Wildman–Crippen MR) is 171 cm³/mol. The zero-order chi connectivity index (χ0) is 31.9. The summed E-state index contributed by atoms with van der Waals surface area (Å²) in [6, 6.07) is 37.4. The molecule has 0 aromatic heterocycles. The highest BCUT2D eigenvalue weighted by atomic mass is 16.6. The van der Waals surface area contributed by atoms with Crippen LogP contribution in [-0.4, -0.2) is 22.2 Å². The lowest BCUT2D eigenvalue weighted by Gasteiger charge is -2.35. The van der Waals surface area contributed by atoms with Crippen molar-refractivity contribution in [2.24, 2.45) is 0 Å². The monoisotopic (exact) mass is 618 g/mol. The molecule has 9 rings (SSSR count). The van der Waals surface area contributed by atoms with Crippen molar-refractivity contribution >= 4 is 11.9 Å². The fourth-order valence-corrected chi connectivity index (χ4v) is 6.92. The summed E-state index contributed by atoms with van der Waals surface area (Å²) in [5.74, 6) is 1.35. The summed E-state index contributed by atoms with van der Waals surface area (Å²) in [5, 5.41) is 18.9. The minimum Gasteiger partial charge on any atom is -0.478 e. The summed E-state index contributed by atoms with van der Waals surface area (Å²) < 4.78 is 24.9. The van der Waals surface area contributed by atoms with Crippen LogP contribution in [-0.2, 0) is 5.41 Å². The maximum Gasteiger partial charge on any atom is 0.335 e. The van der Waals surface area contributed by atoms with Crippen molar-refractivity contribution in [3.8, 4) is 57.1 Å². The Kier molecular flexibility index (Phi) is 5.55. The van der Waals surface area contributed by atoms with Gasteiger partial charge >= 0.3 is 11.9 Å². The first-order valence-corrected chi connectivity index (χ1v) is 14.8. The second-order valence-electron chi connectivity index (χ2n) is 11.5. The number of benzene rings is 6. The Morgan fingerprint density at radius 1 is 0.426 bits per heavy atom. The van der Waals surface area contributed by atoms with Gasteiger partial charge in [-0.1, -0.05) is 60.7 Å². The second-order valence-corrected chi connectivity index (χ2v) is 11.5. The number of rotatable bonds is 4. The number of ether oxygens (including phenoxy) is 4. The maximum atomic E-state index is 11.5. The van der Waals surface area contributed by atoms with Crippen LogP contribution in [0.2, 0.25) is 0 Å². The number of carboxylic acids is 2. The molecule has 0 spiro atoms. The van der Waals surface area contributed by atoms with Crippen molar-refractivity contribution in [2.75, 3.05) is 0 Å². The minimum atomic E-state index is -1.05. The van der Waals surface area contributed by atoms with Crippen LogP contribution in [0, 0.1) is 0 Å². The Balaban J connectivity index is 1.22. The number of hydrogen-bond acceptors (Lipinski definition) is 6. The number of fused-ring (bicyclic) bond motifs is 7. The van der Waals surface area contributed by atoms with E-state index in [1.807, 2.05) is 60.7 Å². The molecule has 2 N–H and O–H groups in total. The Hall–Kier alpha value is -6.54. The van der Waals surface area contributed by atoms with Crippen LogP contribution in [0.15, 0.2) is 121 Å². The first-order valence-electron chi connectivity index (χ1n) is 14.8. The topological polar surface area (TPSA) is 112 Å². The van der Waals surface area contributed by atoms with Crippen LogP contribution in [0.25, 0.3) is 11.1 Å². The molecule has 0 radical (unpaired) electrons. The third-order valence-electron chi connectivity index (χ3n) is 8.97. The van der Waals surface area contributed by atoms with E-state index in [0.29, 0.717) is 46.0 Å². The highest BCUT2D eigenvalue weighted by Gasteiger charge is 2.47. The van der Waals surface area contributed by atoms with Crippen molar-refractivity contribution in [3.05, 3.63) is 155 Å². The number of carbonyl (C=O) groups is 2. The highest BCUT2D eigenvalue weighted by Crippen LogP contribution is 2.59. The van der Waals surface area contributed by atoms with Gasteiger partial charge in [-0.3, -0.25) is 0 Å². The van der Waals surface area contributed by atoms with E-state index in [4.69, 9.17) is 18.9 Å². The van der Waals surface area contributed by atoms with Gasteiger partial charge in [-0.05, 0) is 94.0 Å². The van der Waals surface area contributed by atoms with Crippen molar-refractivity contribution in [3.63, 3.8) is 0 Å². The van der Waals surface area contributed by atoms with Crippen molar-refractivity contribution in [1.82, 2.24) is 0 Å². The van der Waals surface area contributed by atoms with E-state index < -0.39 is 17.4 Å². The summed E-state index contributed by atoms with van der Waals surface area (Å²) in [7, 11) is 0. The number of aromatic carboxylic acids is 2. The molecule has 0 saturated heterocycles. The van der Waals surface area contributed by atoms with Crippen molar-refractivity contribution in [1.29, 1.82) is 0 Å². The molecule has 0 unspecified atom stereocenters. The predicted octanol–water partition coefficient (Wildman–Crippen LogP) is 9.24. The van der Waals surface area contributed by atoms with Gasteiger partial charge < -0.3 is 29.2 Å². The average Bonchev–Trinajstić information content (AvgIpc) is 3.40. The Bertz CT molecular complexity index is 2170. The lowest BCUT2D eigenvalue weighted by molar-refractivity contribution is 0.0685. The zero-order valence-electron chi connectivity index (χ0n) is 24.4. The van der Waals surface area contributed by atoms with Crippen molar-refractivity contribution < 1.29 is 38.7 Å². The first-order chi connectivity index (χ1) is 22.9. The lowest BCUT2D eigenvalue weighted by atomic mass is 9.67. The molecule has 6 aromatic carbocycles. The van der Waals surface area contributed by atoms with Gasteiger partial charge in [-0.15, -0.1) is 0 Å². The third-order valence-corrected chi connectivity index (χ3v) is 8.97. The molecule has 0 fully saturated rings. The molecule has 1 aliphatic carbocycles. The van der Waals surface area contributed by atoms with Crippen LogP contribution in [0.5, 0.6) is 46.0 Å². The third kappa shape index (κ3) is 3.88. The second kappa shape index (κ2) is 9.73.